The molecule has 0 aliphatic rings. The average molecular weight is 399 g/mol. The number of amides is 1. The molecule has 0 fully saturated rings. The lowest BCUT2D eigenvalue weighted by molar-refractivity contribution is 0.0941. The van der Waals surface area contributed by atoms with E-state index >= 15 is 0 Å². The van der Waals surface area contributed by atoms with Crippen molar-refractivity contribution in [3.63, 3.8) is 0 Å². The van der Waals surface area contributed by atoms with Crippen LogP contribution in [0.4, 0.5) is 0 Å². The van der Waals surface area contributed by atoms with Gasteiger partial charge in [0.15, 0.2) is 5.65 Å². The van der Waals surface area contributed by atoms with E-state index in [1.54, 1.807) is 10.7 Å². The maximum Gasteiger partial charge on any atom is 0.255 e. The van der Waals surface area contributed by atoms with Gasteiger partial charge < -0.3 is 5.32 Å². The summed E-state index contributed by atoms with van der Waals surface area (Å²) in [6, 6.07) is 21.7. The number of carbonyl (C=O) groups is 1. The summed E-state index contributed by atoms with van der Waals surface area (Å²) in [6.07, 6.45) is 1.64. The zero-order chi connectivity index (χ0) is 21.3. The van der Waals surface area contributed by atoms with Crippen LogP contribution in [0.1, 0.15) is 59.7 Å². The highest BCUT2D eigenvalue weighted by atomic mass is 16.1. The van der Waals surface area contributed by atoms with Gasteiger partial charge in [0.25, 0.3) is 5.91 Å². The van der Waals surface area contributed by atoms with Gasteiger partial charge in [0.05, 0.1) is 23.0 Å². The van der Waals surface area contributed by atoms with Gasteiger partial charge in [0.1, 0.15) is 0 Å². The average Bonchev–Trinajstić information content (AvgIpc) is 3.19. The smallest absolute Gasteiger partial charge is 0.255 e. The van der Waals surface area contributed by atoms with Crippen LogP contribution in [-0.2, 0) is 5.41 Å². The van der Waals surface area contributed by atoms with Gasteiger partial charge in [-0.3, -0.25) is 4.79 Å². The van der Waals surface area contributed by atoms with Gasteiger partial charge in [-0.15, -0.1) is 0 Å². The van der Waals surface area contributed by atoms with Crippen molar-refractivity contribution in [3.05, 3.63) is 101 Å². The molecule has 152 valence electrons. The second kappa shape index (κ2) is 7.75. The first-order chi connectivity index (χ1) is 14.3. The lowest BCUT2D eigenvalue weighted by Gasteiger charge is -2.20. The summed E-state index contributed by atoms with van der Waals surface area (Å²) in [5.74, 6) is -0.174. The van der Waals surface area contributed by atoms with E-state index in [2.05, 4.69) is 31.1 Å². The first-order valence-electron chi connectivity index (χ1n) is 10.1. The number of nitrogens with one attached hydrogen (secondary N) is 1. The predicted octanol–water partition coefficient (Wildman–Crippen LogP) is 4.85. The number of hydrogen-bond donors (Lipinski definition) is 1. The van der Waals surface area contributed by atoms with Gasteiger partial charge in [0.2, 0.25) is 0 Å². The Balaban J connectivity index is 1.71. The Morgan fingerprint density at radius 3 is 2.07 bits per heavy atom. The lowest BCUT2D eigenvalue weighted by atomic mass is 9.93. The van der Waals surface area contributed by atoms with Crippen LogP contribution in [0.15, 0.2) is 72.9 Å². The number of aromatic nitrogens is 3. The van der Waals surface area contributed by atoms with Gasteiger partial charge in [0, 0.05) is 17.7 Å². The van der Waals surface area contributed by atoms with Crippen LogP contribution in [0.25, 0.3) is 5.65 Å². The molecule has 2 aromatic carbocycles. The summed E-state index contributed by atoms with van der Waals surface area (Å²) in [6.45, 7) is 8.25. The first kappa shape index (κ1) is 19.8. The highest BCUT2D eigenvalue weighted by molar-refractivity contribution is 5.95. The fourth-order valence-corrected chi connectivity index (χ4v) is 3.50. The fourth-order valence-electron chi connectivity index (χ4n) is 3.50. The van der Waals surface area contributed by atoms with Crippen molar-refractivity contribution in [2.45, 2.75) is 39.2 Å². The molecule has 0 aliphatic carbocycles. The molecule has 30 heavy (non-hydrogen) atoms. The van der Waals surface area contributed by atoms with Crippen molar-refractivity contribution in [1.82, 2.24) is 19.9 Å². The van der Waals surface area contributed by atoms with Crippen molar-refractivity contribution in [2.75, 3.05) is 0 Å². The molecular weight excluding hydrogens is 372 g/mol. The van der Waals surface area contributed by atoms with Crippen molar-refractivity contribution in [2.24, 2.45) is 0 Å². The fraction of sp³-hybridized carbons (Fsp3) is 0.240. The second-order valence-electron chi connectivity index (χ2n) is 8.53. The summed E-state index contributed by atoms with van der Waals surface area (Å²) in [7, 11) is 0. The predicted molar refractivity (Wildman–Crippen MR) is 119 cm³/mol. The summed E-state index contributed by atoms with van der Waals surface area (Å²) < 4.78 is 1.76. The van der Waals surface area contributed by atoms with Gasteiger partial charge in [-0.05, 0) is 18.1 Å². The highest BCUT2D eigenvalue weighted by Crippen LogP contribution is 2.24. The van der Waals surface area contributed by atoms with Crippen LogP contribution in [-0.4, -0.2) is 20.5 Å². The summed E-state index contributed by atoms with van der Waals surface area (Å²) in [5, 5.41) is 7.88. The Bertz CT molecular complexity index is 1130. The zero-order valence-corrected chi connectivity index (χ0v) is 17.8. The minimum Gasteiger partial charge on any atom is -0.341 e. The third kappa shape index (κ3) is 3.83. The number of fused-ring (bicyclic) bond motifs is 1. The number of carbonyl (C=O) groups excluding carboxylic acids is 1. The standard InChI is InChI=1S/C25H26N4O/c1-17-20(16-26-22-15-21(25(2,3)4)28-29(17)22)24(30)27-23(18-11-7-5-8-12-18)19-13-9-6-10-14-19/h5-16,23H,1-4H3,(H,27,30). The molecule has 0 unspecified atom stereocenters. The Morgan fingerprint density at radius 1 is 0.967 bits per heavy atom. The molecule has 0 aliphatic heterocycles. The quantitative estimate of drug-likeness (QED) is 0.534. The molecule has 2 heterocycles. The molecular formula is C25H26N4O. The molecule has 1 N–H and O–H groups in total. The number of rotatable bonds is 4. The molecule has 0 saturated carbocycles. The largest absolute Gasteiger partial charge is 0.341 e. The van der Waals surface area contributed by atoms with E-state index < -0.39 is 0 Å². The molecule has 0 bridgehead atoms. The maximum atomic E-state index is 13.3. The van der Waals surface area contributed by atoms with E-state index in [9.17, 15) is 4.79 Å². The second-order valence-corrected chi connectivity index (χ2v) is 8.53. The van der Waals surface area contributed by atoms with Crippen LogP contribution in [0.3, 0.4) is 0 Å². The summed E-state index contributed by atoms with van der Waals surface area (Å²) in [4.78, 5) is 17.8. The number of hydrogen-bond acceptors (Lipinski definition) is 3. The SMILES string of the molecule is Cc1c(C(=O)NC(c2ccccc2)c2ccccc2)cnc2cc(C(C)(C)C)nn12. The third-order valence-corrected chi connectivity index (χ3v) is 5.28. The summed E-state index contributed by atoms with van der Waals surface area (Å²) >= 11 is 0. The van der Waals surface area contributed by atoms with E-state index in [-0.39, 0.29) is 17.4 Å². The molecule has 0 spiro atoms. The molecule has 4 rings (SSSR count). The monoisotopic (exact) mass is 398 g/mol. The Labute approximate surface area is 176 Å². The molecule has 5 heteroatoms. The van der Waals surface area contributed by atoms with Gasteiger partial charge >= 0.3 is 0 Å². The van der Waals surface area contributed by atoms with Crippen LogP contribution < -0.4 is 5.32 Å². The number of aryl methyl sites for hydroxylation is 1. The Hall–Kier alpha value is -3.47. The van der Waals surface area contributed by atoms with Crippen molar-refractivity contribution < 1.29 is 4.79 Å². The molecule has 1 amide bonds. The third-order valence-electron chi connectivity index (χ3n) is 5.28. The molecule has 2 aromatic heterocycles. The maximum absolute atomic E-state index is 13.3. The van der Waals surface area contributed by atoms with Crippen LogP contribution in [0, 0.1) is 6.92 Å². The van der Waals surface area contributed by atoms with Crippen LogP contribution in [0.5, 0.6) is 0 Å². The minimum absolute atomic E-state index is 0.0890. The number of benzene rings is 2. The van der Waals surface area contributed by atoms with Crippen LogP contribution >= 0.6 is 0 Å². The van der Waals surface area contributed by atoms with E-state index in [1.807, 2.05) is 73.7 Å². The normalized spacial score (nSPS) is 11.8. The molecule has 0 radical (unpaired) electrons. The van der Waals surface area contributed by atoms with Crippen LogP contribution in [0.2, 0.25) is 0 Å². The highest BCUT2D eigenvalue weighted by Gasteiger charge is 2.23. The number of nitrogens with zero attached hydrogens (tertiary/aromatic N) is 3. The topological polar surface area (TPSA) is 59.3 Å². The Morgan fingerprint density at radius 2 is 1.53 bits per heavy atom. The van der Waals surface area contributed by atoms with Crippen molar-refractivity contribution >= 4 is 11.6 Å². The van der Waals surface area contributed by atoms with Gasteiger partial charge in [-0.1, -0.05) is 81.4 Å². The van der Waals surface area contributed by atoms with Crippen molar-refractivity contribution in [1.29, 1.82) is 0 Å². The van der Waals surface area contributed by atoms with Gasteiger partial charge in [-0.2, -0.15) is 5.10 Å². The minimum atomic E-state index is -0.252. The van der Waals surface area contributed by atoms with Crippen molar-refractivity contribution in [3.8, 4) is 0 Å². The Kier molecular flexibility index (Phi) is 5.12. The summed E-state index contributed by atoms with van der Waals surface area (Å²) in [5.41, 5.74) is 4.94. The molecule has 0 saturated heterocycles. The molecule has 5 nitrogen and oxygen atoms in total. The molecule has 0 atom stereocenters. The van der Waals surface area contributed by atoms with E-state index in [4.69, 9.17) is 5.10 Å². The van der Waals surface area contributed by atoms with E-state index in [1.165, 1.54) is 0 Å². The lowest BCUT2D eigenvalue weighted by Crippen LogP contribution is -2.30. The van der Waals surface area contributed by atoms with E-state index in [0.717, 1.165) is 28.2 Å². The van der Waals surface area contributed by atoms with E-state index in [0.29, 0.717) is 5.56 Å². The van der Waals surface area contributed by atoms with Gasteiger partial charge in [-0.25, -0.2) is 9.50 Å². The molecule has 4 aromatic rings. The first-order valence-corrected chi connectivity index (χ1v) is 10.1. The zero-order valence-electron chi connectivity index (χ0n) is 17.8.